The number of anilines is 1. The van der Waals surface area contributed by atoms with Crippen LogP contribution >= 0.6 is 11.6 Å². The second-order valence-corrected chi connectivity index (χ2v) is 7.15. The van der Waals surface area contributed by atoms with Gasteiger partial charge in [0.25, 0.3) is 0 Å². The maximum Gasteiger partial charge on any atom is 0.249 e. The van der Waals surface area contributed by atoms with Crippen LogP contribution in [0.15, 0.2) is 77.9 Å². The smallest absolute Gasteiger partial charge is 0.249 e. The molecule has 2 N–H and O–H groups in total. The van der Waals surface area contributed by atoms with Crippen molar-refractivity contribution in [3.8, 4) is 11.5 Å². The fourth-order valence-electron chi connectivity index (χ4n) is 2.72. The molecule has 0 fully saturated rings. The molecule has 3 aromatic rings. The van der Waals surface area contributed by atoms with Crippen LogP contribution in [0.3, 0.4) is 0 Å². The van der Waals surface area contributed by atoms with Gasteiger partial charge < -0.3 is 14.8 Å². The zero-order valence-electron chi connectivity index (χ0n) is 17.4. The lowest BCUT2D eigenvalue weighted by Crippen LogP contribution is -2.24. The number of halogens is 1. The molecule has 164 valence electrons. The number of hydrogen-bond donors (Lipinski definition) is 2. The number of rotatable bonds is 9. The average Bonchev–Trinajstić information content (AvgIpc) is 2.79. The van der Waals surface area contributed by atoms with Gasteiger partial charge in [-0.05, 0) is 53.6 Å². The van der Waals surface area contributed by atoms with E-state index in [4.69, 9.17) is 21.1 Å². The van der Waals surface area contributed by atoms with Crippen LogP contribution in [0.25, 0.3) is 0 Å². The number of benzene rings is 3. The summed E-state index contributed by atoms with van der Waals surface area (Å²) >= 11 is 5.89. The highest BCUT2D eigenvalue weighted by Gasteiger charge is 2.09. The van der Waals surface area contributed by atoms with Crippen molar-refractivity contribution in [3.63, 3.8) is 0 Å². The van der Waals surface area contributed by atoms with Crippen molar-refractivity contribution in [1.82, 2.24) is 5.43 Å². The molecular weight excluding hydrogens is 430 g/mol. The molecule has 0 aromatic heterocycles. The molecular formula is C24H22ClN3O4. The molecule has 0 heterocycles. The first-order chi connectivity index (χ1) is 15.5. The summed E-state index contributed by atoms with van der Waals surface area (Å²) < 4.78 is 11.2. The second kappa shape index (κ2) is 11.5. The number of nitrogens with zero attached hydrogens (tertiary/aromatic N) is 1. The highest BCUT2D eigenvalue weighted by atomic mass is 35.5. The van der Waals surface area contributed by atoms with Crippen LogP contribution in [0, 0.1) is 0 Å². The second-order valence-electron chi connectivity index (χ2n) is 6.71. The van der Waals surface area contributed by atoms with E-state index < -0.39 is 11.8 Å². The third-order valence-corrected chi connectivity index (χ3v) is 4.53. The van der Waals surface area contributed by atoms with E-state index >= 15 is 0 Å². The van der Waals surface area contributed by atoms with E-state index in [0.29, 0.717) is 34.4 Å². The molecule has 32 heavy (non-hydrogen) atoms. The molecule has 0 aliphatic carbocycles. The van der Waals surface area contributed by atoms with Gasteiger partial charge in [-0.3, -0.25) is 9.59 Å². The van der Waals surface area contributed by atoms with Crippen molar-refractivity contribution in [2.75, 3.05) is 12.4 Å². The summed E-state index contributed by atoms with van der Waals surface area (Å²) in [5.41, 5.74) is 4.63. The summed E-state index contributed by atoms with van der Waals surface area (Å²) in [5.74, 6) is 0.148. The average molecular weight is 452 g/mol. The number of hydrazone groups is 1. The highest BCUT2D eigenvalue weighted by molar-refractivity contribution is 6.30. The third-order valence-electron chi connectivity index (χ3n) is 4.28. The van der Waals surface area contributed by atoms with Gasteiger partial charge in [-0.25, -0.2) is 5.43 Å². The number of carbonyl (C=O) groups excluding carboxylic acids is 2. The van der Waals surface area contributed by atoms with E-state index in [1.54, 1.807) is 61.7 Å². The lowest BCUT2D eigenvalue weighted by molar-refractivity contribution is -0.126. The minimum atomic E-state index is -0.524. The predicted octanol–water partition coefficient (Wildman–Crippen LogP) is 4.41. The minimum absolute atomic E-state index is 0.340. The van der Waals surface area contributed by atoms with Crippen molar-refractivity contribution in [2.45, 2.75) is 13.0 Å². The first kappa shape index (κ1) is 22.8. The Morgan fingerprint density at radius 3 is 2.44 bits per heavy atom. The number of nitrogens with one attached hydrogen (secondary N) is 2. The quantitative estimate of drug-likeness (QED) is 0.286. The Hall–Kier alpha value is -3.84. The van der Waals surface area contributed by atoms with Crippen molar-refractivity contribution in [1.29, 1.82) is 0 Å². The Bertz CT molecular complexity index is 1090. The third kappa shape index (κ3) is 7.14. The summed E-state index contributed by atoms with van der Waals surface area (Å²) in [7, 11) is 1.54. The number of ether oxygens (including phenoxy) is 2. The molecule has 2 amide bonds. The summed E-state index contributed by atoms with van der Waals surface area (Å²) in [5, 5.41) is 7.20. The minimum Gasteiger partial charge on any atom is -0.493 e. The molecule has 0 saturated heterocycles. The summed E-state index contributed by atoms with van der Waals surface area (Å²) in [6.07, 6.45) is 1.12. The van der Waals surface area contributed by atoms with Gasteiger partial charge in [0, 0.05) is 10.7 Å². The van der Waals surface area contributed by atoms with Crippen molar-refractivity contribution < 1.29 is 19.1 Å². The van der Waals surface area contributed by atoms with Crippen LogP contribution in [-0.2, 0) is 16.2 Å². The van der Waals surface area contributed by atoms with Gasteiger partial charge >= 0.3 is 0 Å². The Morgan fingerprint density at radius 2 is 1.72 bits per heavy atom. The van der Waals surface area contributed by atoms with Gasteiger partial charge in [0.15, 0.2) is 11.5 Å². The van der Waals surface area contributed by atoms with E-state index in [1.807, 2.05) is 18.2 Å². The molecule has 0 aliphatic rings. The molecule has 0 saturated carbocycles. The molecule has 0 unspecified atom stereocenters. The number of carbonyl (C=O) groups is 2. The standard InChI is InChI=1S/C24H22ClN3O4/c1-31-22-13-18(9-12-21(22)32-16-17-7-10-19(25)11-8-17)15-26-28-24(30)14-23(29)27-20-5-3-2-4-6-20/h2-13,15H,14,16H2,1H3,(H,27,29)(H,28,30). The molecule has 3 aromatic carbocycles. The predicted molar refractivity (Wildman–Crippen MR) is 124 cm³/mol. The Labute approximate surface area is 191 Å². The van der Waals surface area contributed by atoms with E-state index in [-0.39, 0.29) is 6.42 Å². The molecule has 0 spiro atoms. The van der Waals surface area contributed by atoms with Crippen LogP contribution in [-0.4, -0.2) is 25.1 Å². The van der Waals surface area contributed by atoms with Crippen LogP contribution < -0.4 is 20.2 Å². The SMILES string of the molecule is COc1cc(C=NNC(=O)CC(=O)Nc2ccccc2)ccc1OCc1ccc(Cl)cc1. The number of hydrogen-bond acceptors (Lipinski definition) is 5. The first-order valence-electron chi connectivity index (χ1n) is 9.75. The van der Waals surface area contributed by atoms with Gasteiger partial charge in [0.05, 0.1) is 13.3 Å². The Morgan fingerprint density at radius 1 is 0.969 bits per heavy atom. The van der Waals surface area contributed by atoms with E-state index in [9.17, 15) is 9.59 Å². The van der Waals surface area contributed by atoms with Gasteiger partial charge in [0.2, 0.25) is 11.8 Å². The topological polar surface area (TPSA) is 89.0 Å². The number of methoxy groups -OCH3 is 1. The molecule has 0 radical (unpaired) electrons. The summed E-state index contributed by atoms with van der Waals surface area (Å²) in [6, 6.07) is 21.5. The summed E-state index contributed by atoms with van der Waals surface area (Å²) in [6.45, 7) is 0.363. The maximum absolute atomic E-state index is 11.9. The molecule has 0 atom stereocenters. The Balaban J connectivity index is 1.51. The molecule has 7 nitrogen and oxygen atoms in total. The van der Waals surface area contributed by atoms with Crippen molar-refractivity contribution in [2.24, 2.45) is 5.10 Å². The van der Waals surface area contributed by atoms with E-state index in [1.165, 1.54) is 6.21 Å². The van der Waals surface area contributed by atoms with Gasteiger partial charge in [0.1, 0.15) is 13.0 Å². The fourth-order valence-corrected chi connectivity index (χ4v) is 2.84. The van der Waals surface area contributed by atoms with E-state index in [0.717, 1.165) is 5.56 Å². The van der Waals surface area contributed by atoms with Crippen LogP contribution in [0.5, 0.6) is 11.5 Å². The zero-order chi connectivity index (χ0) is 22.8. The zero-order valence-corrected chi connectivity index (χ0v) is 18.1. The first-order valence-corrected chi connectivity index (χ1v) is 10.1. The van der Waals surface area contributed by atoms with Crippen molar-refractivity contribution >= 4 is 35.3 Å². The number of para-hydroxylation sites is 1. The monoisotopic (exact) mass is 451 g/mol. The normalized spacial score (nSPS) is 10.6. The maximum atomic E-state index is 11.9. The largest absolute Gasteiger partial charge is 0.493 e. The van der Waals surface area contributed by atoms with Crippen molar-refractivity contribution in [3.05, 3.63) is 88.9 Å². The van der Waals surface area contributed by atoms with E-state index in [2.05, 4.69) is 15.8 Å². The Kier molecular flexibility index (Phi) is 8.22. The summed E-state index contributed by atoms with van der Waals surface area (Å²) in [4.78, 5) is 23.8. The molecule has 0 bridgehead atoms. The lowest BCUT2D eigenvalue weighted by atomic mass is 10.2. The fraction of sp³-hybridized carbons (Fsp3) is 0.125. The van der Waals surface area contributed by atoms with Gasteiger partial charge in [-0.2, -0.15) is 5.10 Å². The van der Waals surface area contributed by atoms with Crippen LogP contribution in [0.2, 0.25) is 5.02 Å². The van der Waals surface area contributed by atoms with Crippen LogP contribution in [0.4, 0.5) is 5.69 Å². The van der Waals surface area contributed by atoms with Gasteiger partial charge in [-0.1, -0.05) is 41.9 Å². The molecule has 3 rings (SSSR count). The lowest BCUT2D eigenvalue weighted by Gasteiger charge is -2.11. The molecule has 8 heteroatoms. The number of amides is 2. The van der Waals surface area contributed by atoms with Gasteiger partial charge in [-0.15, -0.1) is 0 Å². The molecule has 0 aliphatic heterocycles. The van der Waals surface area contributed by atoms with Crippen LogP contribution in [0.1, 0.15) is 17.5 Å². The highest BCUT2D eigenvalue weighted by Crippen LogP contribution is 2.28.